The average Bonchev–Trinajstić information content (AvgIpc) is 2.21. The fraction of sp³-hybridized carbons (Fsp3) is 1.00. The number of hydrogen-bond donors (Lipinski definition) is 1. The fourth-order valence-electron chi connectivity index (χ4n) is 1.33. The second-order valence-corrected chi connectivity index (χ2v) is 4.10. The molecule has 0 aromatic heterocycles. The third-order valence-corrected chi connectivity index (χ3v) is 2.88. The summed E-state index contributed by atoms with van der Waals surface area (Å²) in [6.45, 7) is 7.78. The number of ether oxygens (including phenoxy) is 1. The van der Waals surface area contributed by atoms with Crippen molar-refractivity contribution >= 4 is 0 Å². The second kappa shape index (κ2) is 9.47. The van der Waals surface area contributed by atoms with Gasteiger partial charge in [-0.1, -0.05) is 33.1 Å². The molecule has 2 unspecified atom stereocenters. The Labute approximate surface area is 88.7 Å². The van der Waals surface area contributed by atoms with E-state index in [4.69, 9.17) is 9.84 Å². The Hall–Kier alpha value is -0.0800. The molecule has 1 N–H and O–H groups in total. The van der Waals surface area contributed by atoms with Gasteiger partial charge in [0.05, 0.1) is 6.10 Å². The molecular formula is C12H26O2. The Morgan fingerprint density at radius 3 is 2.29 bits per heavy atom. The maximum Gasteiger partial charge on any atom is 0.0572 e. The van der Waals surface area contributed by atoms with Crippen molar-refractivity contribution in [3.05, 3.63) is 0 Å². The average molecular weight is 202 g/mol. The molecule has 0 amide bonds. The van der Waals surface area contributed by atoms with Crippen LogP contribution in [0, 0.1) is 5.92 Å². The van der Waals surface area contributed by atoms with E-state index in [0.717, 1.165) is 25.9 Å². The van der Waals surface area contributed by atoms with Crippen LogP contribution < -0.4 is 0 Å². The van der Waals surface area contributed by atoms with Gasteiger partial charge in [0.2, 0.25) is 0 Å². The summed E-state index contributed by atoms with van der Waals surface area (Å²) in [6.07, 6.45) is 5.93. The van der Waals surface area contributed by atoms with E-state index in [-0.39, 0.29) is 0 Å². The van der Waals surface area contributed by atoms with Crippen LogP contribution in [0.3, 0.4) is 0 Å². The molecule has 86 valence electrons. The van der Waals surface area contributed by atoms with Crippen molar-refractivity contribution in [3.8, 4) is 0 Å². The van der Waals surface area contributed by atoms with Gasteiger partial charge in [-0.3, -0.25) is 0 Å². The highest BCUT2D eigenvalue weighted by atomic mass is 16.5. The molecule has 0 bridgehead atoms. The molecule has 0 saturated carbocycles. The SMILES string of the molecule is CCC(C)C(C)OCCCCCCO. The third-order valence-electron chi connectivity index (χ3n) is 2.88. The lowest BCUT2D eigenvalue weighted by atomic mass is 10.0. The van der Waals surface area contributed by atoms with Crippen LogP contribution in [0.5, 0.6) is 0 Å². The molecule has 0 aliphatic rings. The monoisotopic (exact) mass is 202 g/mol. The van der Waals surface area contributed by atoms with Crippen molar-refractivity contribution in [3.63, 3.8) is 0 Å². The predicted molar refractivity (Wildman–Crippen MR) is 60.4 cm³/mol. The molecule has 0 rings (SSSR count). The van der Waals surface area contributed by atoms with Crippen LogP contribution in [0.25, 0.3) is 0 Å². The van der Waals surface area contributed by atoms with Crippen molar-refractivity contribution in [2.45, 2.75) is 59.0 Å². The number of hydrogen-bond acceptors (Lipinski definition) is 2. The van der Waals surface area contributed by atoms with E-state index in [0.29, 0.717) is 18.6 Å². The van der Waals surface area contributed by atoms with Gasteiger partial charge < -0.3 is 9.84 Å². The number of unbranched alkanes of at least 4 members (excludes halogenated alkanes) is 3. The van der Waals surface area contributed by atoms with Crippen molar-refractivity contribution < 1.29 is 9.84 Å². The van der Waals surface area contributed by atoms with E-state index in [1.54, 1.807) is 0 Å². The van der Waals surface area contributed by atoms with Crippen LogP contribution in [0.15, 0.2) is 0 Å². The van der Waals surface area contributed by atoms with Gasteiger partial charge in [-0.05, 0) is 25.7 Å². The summed E-state index contributed by atoms with van der Waals surface area (Å²) >= 11 is 0. The van der Waals surface area contributed by atoms with Crippen LogP contribution in [-0.2, 0) is 4.74 Å². The van der Waals surface area contributed by atoms with Crippen LogP contribution >= 0.6 is 0 Å². The Morgan fingerprint density at radius 2 is 1.71 bits per heavy atom. The molecule has 0 spiro atoms. The lowest BCUT2D eigenvalue weighted by Gasteiger charge is -2.18. The molecule has 2 nitrogen and oxygen atoms in total. The molecule has 2 atom stereocenters. The van der Waals surface area contributed by atoms with Crippen LogP contribution in [0.2, 0.25) is 0 Å². The van der Waals surface area contributed by atoms with Crippen LogP contribution in [0.4, 0.5) is 0 Å². The van der Waals surface area contributed by atoms with E-state index < -0.39 is 0 Å². The van der Waals surface area contributed by atoms with Crippen molar-refractivity contribution in [2.75, 3.05) is 13.2 Å². The van der Waals surface area contributed by atoms with Gasteiger partial charge in [-0.25, -0.2) is 0 Å². The molecule has 0 heterocycles. The molecule has 0 aliphatic carbocycles. The van der Waals surface area contributed by atoms with Crippen LogP contribution in [0.1, 0.15) is 52.9 Å². The van der Waals surface area contributed by atoms with Crippen molar-refractivity contribution in [1.29, 1.82) is 0 Å². The highest BCUT2D eigenvalue weighted by molar-refractivity contribution is 4.58. The molecule has 0 aromatic carbocycles. The topological polar surface area (TPSA) is 29.5 Å². The van der Waals surface area contributed by atoms with Gasteiger partial charge in [-0.2, -0.15) is 0 Å². The highest BCUT2D eigenvalue weighted by Gasteiger charge is 2.09. The second-order valence-electron chi connectivity index (χ2n) is 4.10. The Morgan fingerprint density at radius 1 is 1.07 bits per heavy atom. The predicted octanol–water partition coefficient (Wildman–Crippen LogP) is 2.99. The lowest BCUT2D eigenvalue weighted by Crippen LogP contribution is -2.18. The summed E-state index contributed by atoms with van der Waals surface area (Å²) in [6, 6.07) is 0. The molecule has 0 radical (unpaired) electrons. The summed E-state index contributed by atoms with van der Waals surface area (Å²) in [7, 11) is 0. The summed E-state index contributed by atoms with van der Waals surface area (Å²) in [5, 5.41) is 8.58. The smallest absolute Gasteiger partial charge is 0.0572 e. The highest BCUT2D eigenvalue weighted by Crippen LogP contribution is 2.11. The Balaban J connectivity index is 3.18. The van der Waals surface area contributed by atoms with Crippen molar-refractivity contribution in [1.82, 2.24) is 0 Å². The van der Waals surface area contributed by atoms with E-state index in [2.05, 4.69) is 20.8 Å². The first-order valence-electron chi connectivity index (χ1n) is 5.94. The van der Waals surface area contributed by atoms with Crippen LogP contribution in [-0.4, -0.2) is 24.4 Å². The summed E-state index contributed by atoms with van der Waals surface area (Å²) in [4.78, 5) is 0. The molecule has 0 fully saturated rings. The fourth-order valence-corrected chi connectivity index (χ4v) is 1.33. The molecule has 0 saturated heterocycles. The molecule has 14 heavy (non-hydrogen) atoms. The summed E-state index contributed by atoms with van der Waals surface area (Å²) in [5.74, 6) is 0.660. The lowest BCUT2D eigenvalue weighted by molar-refractivity contribution is 0.0268. The first-order valence-corrected chi connectivity index (χ1v) is 5.94. The molecular weight excluding hydrogens is 176 g/mol. The first kappa shape index (κ1) is 13.9. The minimum atomic E-state index is 0.324. The van der Waals surface area contributed by atoms with E-state index in [1.165, 1.54) is 12.8 Å². The van der Waals surface area contributed by atoms with Gasteiger partial charge in [0.25, 0.3) is 0 Å². The quantitative estimate of drug-likeness (QED) is 0.582. The van der Waals surface area contributed by atoms with E-state index >= 15 is 0 Å². The summed E-state index contributed by atoms with van der Waals surface area (Å²) in [5.41, 5.74) is 0. The largest absolute Gasteiger partial charge is 0.396 e. The minimum absolute atomic E-state index is 0.324. The number of rotatable bonds is 9. The normalized spacial score (nSPS) is 15.4. The van der Waals surface area contributed by atoms with Gasteiger partial charge in [0.1, 0.15) is 0 Å². The van der Waals surface area contributed by atoms with Gasteiger partial charge in [0.15, 0.2) is 0 Å². The molecule has 0 aromatic rings. The maximum absolute atomic E-state index is 8.58. The van der Waals surface area contributed by atoms with E-state index in [1.807, 2.05) is 0 Å². The van der Waals surface area contributed by atoms with Gasteiger partial charge in [-0.15, -0.1) is 0 Å². The van der Waals surface area contributed by atoms with Gasteiger partial charge >= 0.3 is 0 Å². The Bertz CT molecular complexity index is 115. The standard InChI is InChI=1S/C12H26O2/c1-4-11(2)12(3)14-10-8-6-5-7-9-13/h11-13H,4-10H2,1-3H3. The summed E-state index contributed by atoms with van der Waals surface area (Å²) < 4.78 is 5.71. The minimum Gasteiger partial charge on any atom is -0.396 e. The first-order chi connectivity index (χ1) is 6.72. The zero-order chi connectivity index (χ0) is 10.8. The third kappa shape index (κ3) is 7.34. The zero-order valence-electron chi connectivity index (χ0n) is 9.96. The zero-order valence-corrected chi connectivity index (χ0v) is 9.96. The number of aliphatic hydroxyl groups is 1. The molecule has 2 heteroatoms. The van der Waals surface area contributed by atoms with E-state index in [9.17, 15) is 0 Å². The number of aliphatic hydroxyl groups excluding tert-OH is 1. The maximum atomic E-state index is 8.58. The Kier molecular flexibility index (Phi) is 9.42. The molecule has 0 aliphatic heterocycles. The van der Waals surface area contributed by atoms with Crippen molar-refractivity contribution in [2.24, 2.45) is 5.92 Å². The van der Waals surface area contributed by atoms with Gasteiger partial charge in [0, 0.05) is 13.2 Å².